The molecule has 106 valence electrons. The topological polar surface area (TPSA) is 42.7 Å². The Balaban J connectivity index is 1.89. The van der Waals surface area contributed by atoms with Crippen molar-refractivity contribution >= 4 is 0 Å². The molecular formula is C16H22N4. The van der Waals surface area contributed by atoms with Crippen LogP contribution in [0.25, 0.3) is 0 Å². The molecule has 2 aromatic heterocycles. The van der Waals surface area contributed by atoms with Crippen molar-refractivity contribution < 1.29 is 0 Å². The maximum absolute atomic E-state index is 4.39. The van der Waals surface area contributed by atoms with Crippen molar-refractivity contribution in [2.75, 3.05) is 13.1 Å². The number of hydrogen-bond donors (Lipinski definition) is 1. The lowest BCUT2D eigenvalue weighted by atomic mass is 9.78. The van der Waals surface area contributed by atoms with Gasteiger partial charge in [0.05, 0.1) is 12.9 Å². The number of hydrogen-bond acceptors (Lipinski definition) is 3. The van der Waals surface area contributed by atoms with Gasteiger partial charge in [-0.25, -0.2) is 4.98 Å². The Kier molecular flexibility index (Phi) is 3.57. The lowest BCUT2D eigenvalue weighted by Crippen LogP contribution is -2.39. The van der Waals surface area contributed by atoms with Crippen molar-refractivity contribution in [2.24, 2.45) is 0 Å². The van der Waals surface area contributed by atoms with Crippen LogP contribution in [0.5, 0.6) is 0 Å². The molecule has 1 fully saturated rings. The highest BCUT2D eigenvalue weighted by Gasteiger charge is 2.31. The molecule has 0 aromatic carbocycles. The molecular weight excluding hydrogens is 248 g/mol. The molecule has 4 heteroatoms. The summed E-state index contributed by atoms with van der Waals surface area (Å²) in [7, 11) is 0. The van der Waals surface area contributed by atoms with Gasteiger partial charge in [0.15, 0.2) is 0 Å². The smallest absolute Gasteiger partial charge is 0.0951 e. The SMILES string of the molecule is Cc1ccncc1Cn1cncc1C1(C)CCNCC1. The van der Waals surface area contributed by atoms with Gasteiger partial charge in [0.25, 0.3) is 0 Å². The third-order valence-corrected chi connectivity index (χ3v) is 4.53. The molecule has 0 amide bonds. The minimum absolute atomic E-state index is 0.234. The first-order valence-electron chi connectivity index (χ1n) is 7.30. The largest absolute Gasteiger partial charge is 0.330 e. The Labute approximate surface area is 120 Å². The Bertz CT molecular complexity index is 582. The van der Waals surface area contributed by atoms with Gasteiger partial charge in [0.1, 0.15) is 0 Å². The van der Waals surface area contributed by atoms with Gasteiger partial charge in [-0.1, -0.05) is 6.92 Å². The maximum Gasteiger partial charge on any atom is 0.0951 e. The summed E-state index contributed by atoms with van der Waals surface area (Å²) < 4.78 is 2.29. The first kappa shape index (κ1) is 13.3. The lowest BCUT2D eigenvalue weighted by molar-refractivity contribution is 0.318. The molecule has 0 unspecified atom stereocenters. The van der Waals surface area contributed by atoms with Gasteiger partial charge >= 0.3 is 0 Å². The Hall–Kier alpha value is -1.68. The fourth-order valence-electron chi connectivity index (χ4n) is 3.03. The van der Waals surface area contributed by atoms with Crippen LogP contribution >= 0.6 is 0 Å². The quantitative estimate of drug-likeness (QED) is 0.930. The standard InChI is InChI=1S/C16H22N4/c1-13-3-6-18-9-14(13)11-20-12-19-10-15(20)16(2)4-7-17-8-5-16/h3,6,9-10,12,17H,4-5,7-8,11H2,1-2H3. The predicted molar refractivity (Wildman–Crippen MR) is 79.8 cm³/mol. The zero-order chi connectivity index (χ0) is 14.0. The number of nitrogens with zero attached hydrogens (tertiary/aromatic N) is 3. The zero-order valence-corrected chi connectivity index (χ0v) is 12.3. The van der Waals surface area contributed by atoms with Crippen LogP contribution in [-0.2, 0) is 12.0 Å². The van der Waals surface area contributed by atoms with E-state index in [0.717, 1.165) is 19.6 Å². The van der Waals surface area contributed by atoms with Gasteiger partial charge in [-0.2, -0.15) is 0 Å². The average Bonchev–Trinajstić information content (AvgIpc) is 2.91. The summed E-state index contributed by atoms with van der Waals surface area (Å²) in [6.07, 6.45) is 10.1. The second-order valence-corrected chi connectivity index (χ2v) is 6.02. The van der Waals surface area contributed by atoms with Crippen molar-refractivity contribution in [1.29, 1.82) is 0 Å². The molecule has 0 bridgehead atoms. The summed E-state index contributed by atoms with van der Waals surface area (Å²) in [5.74, 6) is 0. The number of piperidine rings is 1. The second kappa shape index (κ2) is 5.37. The summed E-state index contributed by atoms with van der Waals surface area (Å²) >= 11 is 0. The summed E-state index contributed by atoms with van der Waals surface area (Å²) in [5, 5.41) is 3.44. The van der Waals surface area contributed by atoms with Crippen LogP contribution in [0.1, 0.15) is 36.6 Å². The normalized spacial score (nSPS) is 18.1. The molecule has 0 atom stereocenters. The van der Waals surface area contributed by atoms with E-state index in [-0.39, 0.29) is 5.41 Å². The van der Waals surface area contributed by atoms with Crippen molar-refractivity contribution in [3.8, 4) is 0 Å². The van der Waals surface area contributed by atoms with Crippen molar-refractivity contribution in [1.82, 2.24) is 19.9 Å². The van der Waals surface area contributed by atoms with E-state index in [9.17, 15) is 0 Å². The molecule has 3 rings (SSSR count). The molecule has 3 heterocycles. The maximum atomic E-state index is 4.39. The van der Waals surface area contributed by atoms with Crippen LogP contribution in [0.3, 0.4) is 0 Å². The van der Waals surface area contributed by atoms with Gasteiger partial charge in [0.2, 0.25) is 0 Å². The fraction of sp³-hybridized carbons (Fsp3) is 0.500. The third-order valence-electron chi connectivity index (χ3n) is 4.53. The van der Waals surface area contributed by atoms with Crippen molar-refractivity contribution in [3.05, 3.63) is 47.8 Å². The Morgan fingerprint density at radius 3 is 2.80 bits per heavy atom. The van der Waals surface area contributed by atoms with Crippen LogP contribution < -0.4 is 5.32 Å². The number of aryl methyl sites for hydroxylation is 1. The zero-order valence-electron chi connectivity index (χ0n) is 12.3. The highest BCUT2D eigenvalue weighted by atomic mass is 15.1. The predicted octanol–water partition coefficient (Wildman–Crippen LogP) is 2.28. The van der Waals surface area contributed by atoms with Gasteiger partial charge in [-0.3, -0.25) is 4.98 Å². The van der Waals surface area contributed by atoms with Gasteiger partial charge in [-0.05, 0) is 50.0 Å². The number of rotatable bonds is 3. The summed E-state index contributed by atoms with van der Waals surface area (Å²) in [4.78, 5) is 8.63. The van der Waals surface area contributed by atoms with Crippen LogP contribution in [-0.4, -0.2) is 27.6 Å². The van der Waals surface area contributed by atoms with E-state index in [1.54, 1.807) is 0 Å². The van der Waals surface area contributed by atoms with E-state index >= 15 is 0 Å². The Morgan fingerprint density at radius 2 is 2.05 bits per heavy atom. The molecule has 2 aromatic rings. The molecule has 0 radical (unpaired) electrons. The summed E-state index contributed by atoms with van der Waals surface area (Å²) in [5.41, 5.74) is 4.14. The van der Waals surface area contributed by atoms with Gasteiger partial charge in [0, 0.05) is 29.7 Å². The van der Waals surface area contributed by atoms with Crippen LogP contribution in [0, 0.1) is 6.92 Å². The average molecular weight is 270 g/mol. The molecule has 1 aliphatic rings. The van der Waals surface area contributed by atoms with E-state index in [1.165, 1.54) is 29.7 Å². The fourth-order valence-corrected chi connectivity index (χ4v) is 3.03. The van der Waals surface area contributed by atoms with E-state index < -0.39 is 0 Å². The van der Waals surface area contributed by atoms with Gasteiger partial charge in [-0.15, -0.1) is 0 Å². The van der Waals surface area contributed by atoms with Crippen molar-refractivity contribution in [2.45, 2.75) is 38.6 Å². The highest BCUT2D eigenvalue weighted by molar-refractivity contribution is 5.24. The van der Waals surface area contributed by atoms with E-state index in [2.05, 4.69) is 39.8 Å². The van der Waals surface area contributed by atoms with E-state index in [1.807, 2.05) is 24.9 Å². The number of imidazole rings is 1. The molecule has 0 aliphatic carbocycles. The van der Waals surface area contributed by atoms with Crippen LogP contribution in [0.15, 0.2) is 31.0 Å². The molecule has 4 nitrogen and oxygen atoms in total. The second-order valence-electron chi connectivity index (χ2n) is 6.02. The molecule has 1 N–H and O–H groups in total. The number of aromatic nitrogens is 3. The number of pyridine rings is 1. The molecule has 20 heavy (non-hydrogen) atoms. The minimum Gasteiger partial charge on any atom is -0.330 e. The number of nitrogens with one attached hydrogen (secondary N) is 1. The lowest BCUT2D eigenvalue weighted by Gasteiger charge is -2.34. The summed E-state index contributed by atoms with van der Waals surface area (Å²) in [6.45, 7) is 7.54. The van der Waals surface area contributed by atoms with Crippen LogP contribution in [0.4, 0.5) is 0 Å². The molecule has 0 saturated carbocycles. The van der Waals surface area contributed by atoms with Crippen molar-refractivity contribution in [3.63, 3.8) is 0 Å². The minimum atomic E-state index is 0.234. The van der Waals surface area contributed by atoms with E-state index in [0.29, 0.717) is 0 Å². The highest BCUT2D eigenvalue weighted by Crippen LogP contribution is 2.32. The molecule has 1 saturated heterocycles. The first-order valence-corrected chi connectivity index (χ1v) is 7.30. The molecule has 1 aliphatic heterocycles. The third kappa shape index (κ3) is 2.48. The first-order chi connectivity index (χ1) is 9.69. The Morgan fingerprint density at radius 1 is 1.25 bits per heavy atom. The van der Waals surface area contributed by atoms with Crippen LogP contribution in [0.2, 0.25) is 0 Å². The van der Waals surface area contributed by atoms with Gasteiger partial charge < -0.3 is 9.88 Å². The van der Waals surface area contributed by atoms with E-state index in [4.69, 9.17) is 0 Å². The summed E-state index contributed by atoms with van der Waals surface area (Å²) in [6, 6.07) is 2.07. The monoisotopic (exact) mass is 270 g/mol. The molecule has 0 spiro atoms.